The Balaban J connectivity index is 1.79. The Labute approximate surface area is 82.1 Å². The summed E-state index contributed by atoms with van der Waals surface area (Å²) in [5.74, 6) is -0.00475. The maximum absolute atomic E-state index is 11.1. The topological polar surface area (TPSA) is 75.1 Å². The van der Waals surface area contributed by atoms with Crippen molar-refractivity contribution in [3.05, 3.63) is 10.4 Å². The lowest BCUT2D eigenvalue weighted by atomic mass is 9.50. The normalized spacial score (nSPS) is 39.2. The molecule has 0 saturated heterocycles. The summed E-state index contributed by atoms with van der Waals surface area (Å²) in [7, 11) is 1.43. The number of carbonyl (C=O) groups is 1. The van der Waals surface area contributed by atoms with Gasteiger partial charge >= 0.3 is 5.97 Å². The van der Waals surface area contributed by atoms with Gasteiger partial charge in [-0.3, -0.25) is 4.79 Å². The van der Waals surface area contributed by atoms with Crippen molar-refractivity contribution in [3.8, 4) is 0 Å². The Morgan fingerprint density at radius 3 is 2.64 bits per heavy atom. The van der Waals surface area contributed by atoms with Crippen LogP contribution in [0.4, 0.5) is 0 Å². The molecule has 0 N–H and O–H groups in total. The molecular formula is C9H13N3O2. The number of esters is 1. The quantitative estimate of drug-likeness (QED) is 0.292. The summed E-state index contributed by atoms with van der Waals surface area (Å²) in [5, 5.41) is 3.66. The summed E-state index contributed by atoms with van der Waals surface area (Å²) >= 11 is 0. The van der Waals surface area contributed by atoms with E-state index in [1.165, 1.54) is 7.11 Å². The molecule has 2 aliphatic rings. The van der Waals surface area contributed by atoms with Gasteiger partial charge in [-0.05, 0) is 36.6 Å². The number of nitrogens with zero attached hydrogens (tertiary/aromatic N) is 3. The monoisotopic (exact) mass is 195 g/mol. The Kier molecular flexibility index (Phi) is 2.11. The highest BCUT2D eigenvalue weighted by Crippen LogP contribution is 2.59. The fourth-order valence-corrected chi connectivity index (χ4v) is 2.75. The van der Waals surface area contributed by atoms with Crippen LogP contribution in [-0.4, -0.2) is 19.1 Å². The molecule has 0 bridgehead atoms. The Hall–Kier alpha value is -1.22. The van der Waals surface area contributed by atoms with Crippen LogP contribution >= 0.6 is 0 Å². The number of hydrogen-bond acceptors (Lipinski definition) is 3. The maximum Gasteiger partial charge on any atom is 0.308 e. The van der Waals surface area contributed by atoms with Gasteiger partial charge in [-0.15, -0.1) is 0 Å². The number of methoxy groups -OCH3 is 1. The third-order valence-corrected chi connectivity index (χ3v) is 3.45. The first kappa shape index (κ1) is 9.34. The molecule has 0 aliphatic heterocycles. The van der Waals surface area contributed by atoms with E-state index in [4.69, 9.17) is 5.53 Å². The number of carbonyl (C=O) groups excluding carboxylic acids is 1. The second-order valence-electron chi connectivity index (χ2n) is 4.40. The third kappa shape index (κ3) is 1.34. The summed E-state index contributed by atoms with van der Waals surface area (Å²) in [6.07, 6.45) is 3.73. The van der Waals surface area contributed by atoms with Gasteiger partial charge < -0.3 is 4.74 Å². The lowest BCUT2D eigenvalue weighted by Gasteiger charge is -2.55. The summed E-state index contributed by atoms with van der Waals surface area (Å²) < 4.78 is 4.67. The van der Waals surface area contributed by atoms with Crippen LogP contribution < -0.4 is 0 Å². The average Bonchev–Trinajstić information content (AvgIpc) is 2.05. The first-order valence-corrected chi connectivity index (χ1v) is 4.81. The smallest absolute Gasteiger partial charge is 0.308 e. The minimum Gasteiger partial charge on any atom is -0.469 e. The predicted octanol–water partition coefficient (Wildman–Crippen LogP) is 2.03. The minimum atomic E-state index is -0.0946. The van der Waals surface area contributed by atoms with E-state index in [1.54, 1.807) is 0 Å². The van der Waals surface area contributed by atoms with Crippen LogP contribution in [-0.2, 0) is 9.53 Å². The molecule has 2 saturated carbocycles. The Morgan fingerprint density at radius 2 is 2.14 bits per heavy atom. The van der Waals surface area contributed by atoms with E-state index in [2.05, 4.69) is 14.8 Å². The van der Waals surface area contributed by atoms with Crippen molar-refractivity contribution in [2.75, 3.05) is 7.11 Å². The van der Waals surface area contributed by atoms with Gasteiger partial charge in [0.1, 0.15) is 0 Å². The molecule has 2 fully saturated rings. The van der Waals surface area contributed by atoms with Crippen molar-refractivity contribution < 1.29 is 9.53 Å². The van der Waals surface area contributed by atoms with E-state index >= 15 is 0 Å². The van der Waals surface area contributed by atoms with Crippen molar-refractivity contribution >= 4 is 5.97 Å². The van der Waals surface area contributed by atoms with Crippen molar-refractivity contribution in [1.29, 1.82) is 0 Å². The van der Waals surface area contributed by atoms with Gasteiger partial charge in [0.2, 0.25) is 0 Å². The molecule has 0 unspecified atom stereocenters. The lowest BCUT2D eigenvalue weighted by molar-refractivity contribution is -0.158. The number of hydrogen-bond donors (Lipinski definition) is 0. The zero-order valence-corrected chi connectivity index (χ0v) is 8.14. The second-order valence-corrected chi connectivity index (χ2v) is 4.40. The molecule has 2 aliphatic carbocycles. The van der Waals surface area contributed by atoms with Gasteiger partial charge in [-0.1, -0.05) is 5.11 Å². The van der Waals surface area contributed by atoms with Gasteiger partial charge in [0.15, 0.2) is 0 Å². The summed E-state index contributed by atoms with van der Waals surface area (Å²) in [6, 6.07) is 0.165. The van der Waals surface area contributed by atoms with Crippen molar-refractivity contribution in [1.82, 2.24) is 0 Å². The molecule has 0 atom stereocenters. The molecule has 0 heterocycles. The molecule has 0 aromatic rings. The number of rotatable bonds is 2. The van der Waals surface area contributed by atoms with E-state index in [1.807, 2.05) is 0 Å². The SMILES string of the molecule is COC(=O)C1CC2(CC(N=[N+]=[N-])C2)C1. The van der Waals surface area contributed by atoms with E-state index < -0.39 is 0 Å². The van der Waals surface area contributed by atoms with Crippen LogP contribution in [0.5, 0.6) is 0 Å². The molecule has 5 heteroatoms. The highest BCUT2D eigenvalue weighted by atomic mass is 16.5. The zero-order chi connectivity index (χ0) is 10.2. The minimum absolute atomic E-state index is 0.0898. The fourth-order valence-electron chi connectivity index (χ4n) is 2.75. The molecule has 0 radical (unpaired) electrons. The average molecular weight is 195 g/mol. The second kappa shape index (κ2) is 3.17. The van der Waals surface area contributed by atoms with Gasteiger partial charge in [0.25, 0.3) is 0 Å². The van der Waals surface area contributed by atoms with Crippen LogP contribution in [0.2, 0.25) is 0 Å². The van der Waals surface area contributed by atoms with Crippen LogP contribution in [0.25, 0.3) is 10.4 Å². The largest absolute Gasteiger partial charge is 0.469 e. The molecular weight excluding hydrogens is 182 g/mol. The third-order valence-electron chi connectivity index (χ3n) is 3.45. The van der Waals surface area contributed by atoms with Crippen molar-refractivity contribution in [2.24, 2.45) is 16.4 Å². The van der Waals surface area contributed by atoms with E-state index in [-0.39, 0.29) is 17.9 Å². The van der Waals surface area contributed by atoms with Crippen LogP contribution in [0, 0.1) is 11.3 Å². The highest BCUT2D eigenvalue weighted by Gasteiger charge is 2.54. The molecule has 1 spiro atoms. The van der Waals surface area contributed by atoms with Gasteiger partial charge in [0.05, 0.1) is 13.0 Å². The number of azide groups is 1. The van der Waals surface area contributed by atoms with Gasteiger partial charge in [-0.25, -0.2) is 0 Å². The number of ether oxygens (including phenoxy) is 1. The molecule has 76 valence electrons. The highest BCUT2D eigenvalue weighted by molar-refractivity contribution is 5.73. The first-order chi connectivity index (χ1) is 6.69. The first-order valence-electron chi connectivity index (χ1n) is 4.81. The molecule has 0 aromatic heterocycles. The predicted molar refractivity (Wildman–Crippen MR) is 49.3 cm³/mol. The van der Waals surface area contributed by atoms with Gasteiger partial charge in [-0.2, -0.15) is 0 Å². The summed E-state index contributed by atoms with van der Waals surface area (Å²) in [6.45, 7) is 0. The molecule has 2 rings (SSSR count). The maximum atomic E-state index is 11.1. The van der Waals surface area contributed by atoms with Crippen LogP contribution in [0.15, 0.2) is 5.11 Å². The van der Waals surface area contributed by atoms with Crippen molar-refractivity contribution in [3.63, 3.8) is 0 Å². The molecule has 0 aromatic carbocycles. The van der Waals surface area contributed by atoms with Crippen LogP contribution in [0.1, 0.15) is 25.7 Å². The Morgan fingerprint density at radius 1 is 1.50 bits per heavy atom. The van der Waals surface area contributed by atoms with E-state index in [9.17, 15) is 4.79 Å². The molecule has 14 heavy (non-hydrogen) atoms. The van der Waals surface area contributed by atoms with Gasteiger partial charge in [0, 0.05) is 11.0 Å². The van der Waals surface area contributed by atoms with Crippen LogP contribution in [0.3, 0.4) is 0 Å². The fraction of sp³-hybridized carbons (Fsp3) is 0.889. The molecule has 5 nitrogen and oxygen atoms in total. The summed E-state index contributed by atoms with van der Waals surface area (Å²) in [5.41, 5.74) is 8.53. The lowest BCUT2D eigenvalue weighted by Crippen LogP contribution is -2.51. The van der Waals surface area contributed by atoms with Crippen molar-refractivity contribution in [2.45, 2.75) is 31.7 Å². The zero-order valence-electron chi connectivity index (χ0n) is 8.14. The van der Waals surface area contributed by atoms with E-state index in [0.717, 1.165) is 25.7 Å². The summed E-state index contributed by atoms with van der Waals surface area (Å²) in [4.78, 5) is 13.9. The standard InChI is InChI=1S/C9H13N3O2/c1-14-8(13)6-2-9(3-6)4-7(5-9)11-12-10/h6-7H,2-5H2,1H3. The van der Waals surface area contributed by atoms with E-state index in [0.29, 0.717) is 5.41 Å². The molecule has 0 amide bonds. The Bertz CT molecular complexity index is 295.